The first-order valence-electron chi connectivity index (χ1n) is 28.6. The minimum absolute atomic E-state index is 0.0946. The maximum atomic E-state index is 2.68. The first-order valence-corrected chi connectivity index (χ1v) is 28.6. The van der Waals surface area contributed by atoms with E-state index in [4.69, 9.17) is 0 Å². The predicted molar refractivity (Wildman–Crippen MR) is 339 cm³/mol. The van der Waals surface area contributed by atoms with Crippen LogP contribution in [-0.2, 0) is 48.7 Å². The third kappa shape index (κ3) is 12.2. The SMILES string of the molecule is CC(C)(C)c1cc(N(c2cc(C(C)(C)C)cc(C(C)(C)C)c2)c2c3ccccc3c(N(c3cc(C(C)(C)C)cc(C(C)(C)C)c3)c3cc(C(C)(C)C)cc(C(C)(C)C)c3)c3cc(C(C)(C)C)ccc23)cc(C(C)(C)C)c1. The van der Waals surface area contributed by atoms with Gasteiger partial charge in [0.25, 0.3) is 0 Å². The molecule has 7 aromatic carbocycles. The van der Waals surface area contributed by atoms with Crippen LogP contribution in [0.2, 0.25) is 0 Å². The van der Waals surface area contributed by atoms with Gasteiger partial charge in [-0.25, -0.2) is 0 Å². The fourth-order valence-corrected chi connectivity index (χ4v) is 10.3. The summed E-state index contributed by atoms with van der Waals surface area (Å²) >= 11 is 0. The monoisotopic (exact) mass is 1020 g/mol. The average Bonchev–Trinajstić information content (AvgIpc) is 3.26. The number of nitrogens with zero attached hydrogens (tertiary/aromatic N) is 2. The molecule has 406 valence electrons. The van der Waals surface area contributed by atoms with Crippen LogP contribution in [-0.4, -0.2) is 0 Å². The highest BCUT2D eigenvalue weighted by molar-refractivity contribution is 6.23. The summed E-state index contributed by atoms with van der Waals surface area (Å²) in [5.41, 5.74) is 18.2. The maximum Gasteiger partial charge on any atom is 0.0620 e. The fraction of sp³-hybridized carbons (Fsp3) is 0.486. The Balaban J connectivity index is 1.83. The second-order valence-corrected chi connectivity index (χ2v) is 32.0. The molecule has 0 unspecified atom stereocenters. The molecule has 0 spiro atoms. The van der Waals surface area contributed by atoms with Crippen molar-refractivity contribution >= 4 is 55.7 Å². The number of anilines is 6. The third-order valence-corrected chi connectivity index (χ3v) is 15.9. The lowest BCUT2D eigenvalue weighted by molar-refractivity contribution is 0.567. The number of rotatable bonds is 6. The molecule has 7 rings (SSSR count). The van der Waals surface area contributed by atoms with E-state index in [-0.39, 0.29) is 48.7 Å². The van der Waals surface area contributed by atoms with Gasteiger partial charge in [0, 0.05) is 44.3 Å². The van der Waals surface area contributed by atoms with Crippen molar-refractivity contribution in [1.82, 2.24) is 0 Å². The summed E-state index contributed by atoms with van der Waals surface area (Å²) in [5.74, 6) is 0. The van der Waals surface area contributed by atoms with E-state index in [0.29, 0.717) is 0 Å². The van der Waals surface area contributed by atoms with Crippen LogP contribution in [0.3, 0.4) is 0 Å². The van der Waals surface area contributed by atoms with Crippen LogP contribution < -0.4 is 9.80 Å². The zero-order chi connectivity index (χ0) is 57.1. The summed E-state index contributed by atoms with van der Waals surface area (Å²) in [6.45, 7) is 63.8. The Morgan fingerprint density at radius 1 is 0.197 bits per heavy atom. The lowest BCUT2D eigenvalue weighted by atomic mass is 9.79. The normalized spacial score (nSPS) is 13.7. The Labute approximate surface area is 464 Å². The van der Waals surface area contributed by atoms with Crippen molar-refractivity contribution in [3.05, 3.63) is 165 Å². The molecule has 0 aliphatic rings. The molecule has 0 fully saturated rings. The standard InChI is InChI=1S/C74H100N2/c1-66(2,3)47-32-33-62-63(46-47)65(76(58-42-52(71(16,17)18)36-53(43-58)72(19,20)21)59-44-54(73(22,23)24)37-55(45-59)74(25,26)27)61-31-29-28-30-60(61)64(62)75(56-38-48(67(4,5)6)34-49(39-56)68(7,8)9)57-40-50(69(10,11)12)35-51(41-57)70(13,14)15/h28-46H,1-27H3. The Hall–Kier alpha value is -5.34. The predicted octanol–water partition coefficient (Wildman–Crippen LogP) is 22.6. The van der Waals surface area contributed by atoms with Crippen LogP contribution in [0, 0.1) is 0 Å². The van der Waals surface area contributed by atoms with Gasteiger partial charge in [-0.1, -0.05) is 248 Å². The summed E-state index contributed by atoms with van der Waals surface area (Å²) in [5, 5.41) is 4.87. The molecule has 2 heteroatoms. The topological polar surface area (TPSA) is 6.48 Å². The number of hydrogen-bond acceptors (Lipinski definition) is 2. The van der Waals surface area contributed by atoms with Gasteiger partial charge in [0.1, 0.15) is 0 Å². The molecule has 0 atom stereocenters. The molecule has 2 nitrogen and oxygen atoms in total. The number of benzene rings is 7. The Morgan fingerprint density at radius 3 is 0.605 bits per heavy atom. The van der Waals surface area contributed by atoms with Crippen molar-refractivity contribution < 1.29 is 0 Å². The largest absolute Gasteiger partial charge is 0.309 e. The zero-order valence-electron chi connectivity index (χ0n) is 52.9. The second kappa shape index (κ2) is 19.2. The highest BCUT2D eigenvalue weighted by Gasteiger charge is 2.33. The van der Waals surface area contributed by atoms with Crippen LogP contribution >= 0.6 is 0 Å². The molecule has 0 aliphatic carbocycles. The van der Waals surface area contributed by atoms with Gasteiger partial charge in [-0.05, 0) is 153 Å². The van der Waals surface area contributed by atoms with Crippen molar-refractivity contribution in [1.29, 1.82) is 0 Å². The summed E-state index contributed by atoms with van der Waals surface area (Å²) < 4.78 is 0. The first kappa shape index (κ1) is 58.3. The van der Waals surface area contributed by atoms with Gasteiger partial charge < -0.3 is 9.80 Å². The molecule has 0 heterocycles. The van der Waals surface area contributed by atoms with Crippen molar-refractivity contribution in [2.24, 2.45) is 0 Å². The highest BCUT2D eigenvalue weighted by Crippen LogP contribution is 2.54. The van der Waals surface area contributed by atoms with Crippen LogP contribution in [0.1, 0.15) is 237 Å². The van der Waals surface area contributed by atoms with Gasteiger partial charge in [0.15, 0.2) is 0 Å². The van der Waals surface area contributed by atoms with Gasteiger partial charge in [-0.2, -0.15) is 0 Å². The molecule has 0 saturated carbocycles. The summed E-state index contributed by atoms with van der Waals surface area (Å²) in [6.07, 6.45) is 0. The van der Waals surface area contributed by atoms with E-state index in [9.17, 15) is 0 Å². The van der Waals surface area contributed by atoms with Crippen LogP contribution in [0.25, 0.3) is 21.5 Å². The molecular weight excluding hydrogens is 917 g/mol. The van der Waals surface area contributed by atoms with E-state index in [1.807, 2.05) is 0 Å². The minimum atomic E-state index is -0.121. The van der Waals surface area contributed by atoms with Crippen molar-refractivity contribution in [3.63, 3.8) is 0 Å². The van der Waals surface area contributed by atoms with E-state index >= 15 is 0 Å². The lowest BCUT2D eigenvalue weighted by Crippen LogP contribution is -2.22. The molecule has 0 amide bonds. The fourth-order valence-electron chi connectivity index (χ4n) is 10.3. The van der Waals surface area contributed by atoms with E-state index in [0.717, 1.165) is 0 Å². The van der Waals surface area contributed by atoms with E-state index in [2.05, 4.69) is 312 Å². The van der Waals surface area contributed by atoms with E-state index in [1.165, 1.54) is 106 Å². The highest BCUT2D eigenvalue weighted by atomic mass is 15.2. The van der Waals surface area contributed by atoms with Crippen LogP contribution in [0.15, 0.2) is 115 Å². The zero-order valence-corrected chi connectivity index (χ0v) is 52.9. The van der Waals surface area contributed by atoms with Crippen molar-refractivity contribution in [2.45, 2.75) is 236 Å². The smallest absolute Gasteiger partial charge is 0.0620 e. The summed E-state index contributed by atoms with van der Waals surface area (Å²) in [7, 11) is 0. The van der Waals surface area contributed by atoms with Gasteiger partial charge in [-0.3, -0.25) is 0 Å². The molecule has 0 radical (unpaired) electrons. The number of fused-ring (bicyclic) bond motifs is 2. The summed E-state index contributed by atoms with van der Waals surface area (Å²) in [6, 6.07) is 46.7. The maximum absolute atomic E-state index is 2.68. The van der Waals surface area contributed by atoms with Crippen LogP contribution in [0.4, 0.5) is 34.1 Å². The molecule has 76 heavy (non-hydrogen) atoms. The van der Waals surface area contributed by atoms with Crippen molar-refractivity contribution in [2.75, 3.05) is 9.80 Å². The summed E-state index contributed by atoms with van der Waals surface area (Å²) in [4.78, 5) is 5.34. The molecule has 0 saturated heterocycles. The second-order valence-electron chi connectivity index (χ2n) is 32.0. The van der Waals surface area contributed by atoms with Gasteiger partial charge in [0.2, 0.25) is 0 Å². The van der Waals surface area contributed by atoms with Gasteiger partial charge in [0.05, 0.1) is 11.4 Å². The van der Waals surface area contributed by atoms with Gasteiger partial charge >= 0.3 is 0 Å². The molecule has 0 bridgehead atoms. The Kier molecular flexibility index (Phi) is 14.8. The van der Waals surface area contributed by atoms with Gasteiger partial charge in [-0.15, -0.1) is 0 Å². The van der Waals surface area contributed by atoms with E-state index < -0.39 is 0 Å². The van der Waals surface area contributed by atoms with E-state index in [1.54, 1.807) is 0 Å². The minimum Gasteiger partial charge on any atom is -0.309 e. The Bertz CT molecular complexity index is 3010. The first-order chi connectivity index (χ1) is 34.3. The molecule has 7 aromatic rings. The molecule has 0 N–H and O–H groups in total. The quantitative estimate of drug-likeness (QED) is 0.121. The average molecular weight is 1020 g/mol. The van der Waals surface area contributed by atoms with Crippen LogP contribution in [0.5, 0.6) is 0 Å². The molecule has 0 aromatic heterocycles. The molecule has 0 aliphatic heterocycles. The van der Waals surface area contributed by atoms with Crippen molar-refractivity contribution in [3.8, 4) is 0 Å². The lowest BCUT2D eigenvalue weighted by Gasteiger charge is -2.37. The Morgan fingerprint density at radius 2 is 0.395 bits per heavy atom. The number of hydrogen-bond donors (Lipinski definition) is 0. The third-order valence-electron chi connectivity index (χ3n) is 15.9. The molecular formula is C74H100N2.